The third-order valence-corrected chi connectivity index (χ3v) is 4.37. The SMILES string of the molecule is Cc1cc(=O)c(O)c(O)cc1C(=O)N1CCN(C(=O)c2ncccn2)CC1. The summed E-state index contributed by atoms with van der Waals surface area (Å²) in [6, 6.07) is 3.81. The summed E-state index contributed by atoms with van der Waals surface area (Å²) < 4.78 is 0. The molecule has 9 nitrogen and oxygen atoms in total. The largest absolute Gasteiger partial charge is 0.504 e. The van der Waals surface area contributed by atoms with Gasteiger partial charge >= 0.3 is 0 Å². The summed E-state index contributed by atoms with van der Waals surface area (Å²) in [6.07, 6.45) is 2.98. The molecule has 140 valence electrons. The van der Waals surface area contributed by atoms with Crippen LogP contribution in [0.1, 0.15) is 26.5 Å². The van der Waals surface area contributed by atoms with Gasteiger partial charge in [-0.3, -0.25) is 14.4 Å². The van der Waals surface area contributed by atoms with Crippen LogP contribution in [-0.4, -0.2) is 68.0 Å². The maximum Gasteiger partial charge on any atom is 0.291 e. The molecule has 1 aliphatic heterocycles. The van der Waals surface area contributed by atoms with E-state index >= 15 is 0 Å². The van der Waals surface area contributed by atoms with E-state index in [9.17, 15) is 24.6 Å². The second kappa shape index (κ2) is 7.40. The number of aromatic nitrogens is 2. The van der Waals surface area contributed by atoms with Crippen molar-refractivity contribution in [3.63, 3.8) is 0 Å². The van der Waals surface area contributed by atoms with Crippen LogP contribution in [0.15, 0.2) is 35.4 Å². The van der Waals surface area contributed by atoms with Crippen molar-refractivity contribution < 1.29 is 19.8 Å². The molecule has 27 heavy (non-hydrogen) atoms. The number of rotatable bonds is 2. The minimum absolute atomic E-state index is 0.103. The molecule has 1 aliphatic rings. The van der Waals surface area contributed by atoms with Gasteiger partial charge in [0.25, 0.3) is 11.8 Å². The van der Waals surface area contributed by atoms with E-state index < -0.39 is 16.9 Å². The standard InChI is InChI=1S/C18H18N4O5/c1-11-9-13(23)15(25)14(24)10-12(11)17(26)21-5-7-22(8-6-21)18(27)16-19-3-2-4-20-16/h2-4,9-10H,5-8H2,1H3,(H2,23,24,25). The molecule has 2 amide bonds. The number of nitrogens with zero attached hydrogens (tertiary/aromatic N) is 4. The molecule has 3 rings (SSSR count). The first-order chi connectivity index (χ1) is 12.9. The van der Waals surface area contributed by atoms with Gasteiger partial charge in [0.15, 0.2) is 5.75 Å². The van der Waals surface area contributed by atoms with Gasteiger partial charge in [0, 0.05) is 44.1 Å². The fourth-order valence-electron chi connectivity index (χ4n) is 2.85. The van der Waals surface area contributed by atoms with E-state index in [4.69, 9.17) is 0 Å². The first-order valence-electron chi connectivity index (χ1n) is 8.31. The Morgan fingerprint density at radius 1 is 0.963 bits per heavy atom. The highest BCUT2D eigenvalue weighted by Gasteiger charge is 2.27. The fraction of sp³-hybridized carbons (Fsp3) is 0.278. The predicted octanol–water partition coefficient (Wildman–Crippen LogP) is 0.155. The molecule has 2 N–H and O–H groups in total. The quantitative estimate of drug-likeness (QED) is 0.771. The Balaban J connectivity index is 1.74. The van der Waals surface area contributed by atoms with Crippen LogP contribution in [0.5, 0.6) is 11.5 Å². The third-order valence-electron chi connectivity index (χ3n) is 4.37. The average molecular weight is 370 g/mol. The molecule has 1 fully saturated rings. The fourth-order valence-corrected chi connectivity index (χ4v) is 2.85. The Bertz CT molecular complexity index is 940. The number of carbonyl (C=O) groups excluding carboxylic acids is 2. The molecule has 0 spiro atoms. The van der Waals surface area contributed by atoms with E-state index in [0.29, 0.717) is 18.7 Å². The molecule has 0 unspecified atom stereocenters. The number of aryl methyl sites for hydroxylation is 1. The lowest BCUT2D eigenvalue weighted by molar-refractivity contribution is 0.0528. The van der Waals surface area contributed by atoms with Gasteiger partial charge in [0.05, 0.1) is 0 Å². The summed E-state index contributed by atoms with van der Waals surface area (Å²) >= 11 is 0. The van der Waals surface area contributed by atoms with Crippen LogP contribution >= 0.6 is 0 Å². The summed E-state index contributed by atoms with van der Waals surface area (Å²) in [4.78, 5) is 47.8. The van der Waals surface area contributed by atoms with E-state index in [2.05, 4.69) is 9.97 Å². The Hall–Kier alpha value is -3.49. The molecule has 2 aromatic rings. The van der Waals surface area contributed by atoms with Gasteiger partial charge in [-0.2, -0.15) is 0 Å². The molecule has 0 saturated carbocycles. The number of aromatic hydroxyl groups is 2. The topological polar surface area (TPSA) is 124 Å². The smallest absolute Gasteiger partial charge is 0.291 e. The van der Waals surface area contributed by atoms with E-state index in [1.165, 1.54) is 17.3 Å². The average Bonchev–Trinajstić information content (AvgIpc) is 2.79. The maximum absolute atomic E-state index is 12.8. The van der Waals surface area contributed by atoms with Gasteiger partial charge in [0.1, 0.15) is 0 Å². The summed E-state index contributed by atoms with van der Waals surface area (Å²) in [5.41, 5.74) is -0.296. The van der Waals surface area contributed by atoms with Gasteiger partial charge in [-0.15, -0.1) is 0 Å². The second-order valence-corrected chi connectivity index (χ2v) is 6.14. The van der Waals surface area contributed by atoms with E-state index in [0.717, 1.165) is 12.1 Å². The Labute approximate surface area is 154 Å². The van der Waals surface area contributed by atoms with E-state index in [1.807, 2.05) is 0 Å². The summed E-state index contributed by atoms with van der Waals surface area (Å²) in [6.45, 7) is 2.74. The molecule has 0 radical (unpaired) electrons. The predicted molar refractivity (Wildman–Crippen MR) is 94.6 cm³/mol. The Morgan fingerprint density at radius 3 is 2.11 bits per heavy atom. The number of hydrogen-bond acceptors (Lipinski definition) is 7. The summed E-state index contributed by atoms with van der Waals surface area (Å²) in [5.74, 6) is -2.03. The lowest BCUT2D eigenvalue weighted by atomic mass is 10.1. The normalized spacial score (nSPS) is 14.1. The second-order valence-electron chi connectivity index (χ2n) is 6.14. The van der Waals surface area contributed by atoms with Gasteiger partial charge < -0.3 is 20.0 Å². The highest BCUT2D eigenvalue weighted by molar-refractivity contribution is 5.96. The summed E-state index contributed by atoms with van der Waals surface area (Å²) in [5, 5.41) is 19.3. The van der Waals surface area contributed by atoms with Crippen LogP contribution in [0.4, 0.5) is 0 Å². The van der Waals surface area contributed by atoms with E-state index in [1.54, 1.807) is 17.9 Å². The summed E-state index contributed by atoms with van der Waals surface area (Å²) in [7, 11) is 0. The van der Waals surface area contributed by atoms with Gasteiger partial charge in [0.2, 0.25) is 17.0 Å². The number of hydrogen-bond donors (Lipinski definition) is 2. The van der Waals surface area contributed by atoms with Crippen LogP contribution < -0.4 is 5.43 Å². The Kier molecular flexibility index (Phi) is 5.02. The zero-order chi connectivity index (χ0) is 19.6. The maximum atomic E-state index is 12.8. The van der Waals surface area contributed by atoms with Crippen molar-refractivity contribution in [2.75, 3.05) is 26.2 Å². The van der Waals surface area contributed by atoms with Crippen molar-refractivity contribution in [1.82, 2.24) is 19.8 Å². The molecule has 0 bridgehead atoms. The first kappa shape index (κ1) is 18.3. The molecular formula is C18H18N4O5. The van der Waals surface area contributed by atoms with E-state index in [-0.39, 0.29) is 36.3 Å². The monoisotopic (exact) mass is 370 g/mol. The molecule has 0 aliphatic carbocycles. The van der Waals surface area contributed by atoms with Gasteiger partial charge in [-0.1, -0.05) is 0 Å². The zero-order valence-electron chi connectivity index (χ0n) is 14.6. The molecule has 2 heterocycles. The van der Waals surface area contributed by atoms with Crippen molar-refractivity contribution in [2.24, 2.45) is 0 Å². The van der Waals surface area contributed by atoms with Crippen molar-refractivity contribution in [1.29, 1.82) is 0 Å². The zero-order valence-corrected chi connectivity index (χ0v) is 14.6. The van der Waals surface area contributed by atoms with Crippen LogP contribution in [0.3, 0.4) is 0 Å². The van der Waals surface area contributed by atoms with Gasteiger partial charge in [-0.05, 0) is 30.7 Å². The first-order valence-corrected chi connectivity index (χ1v) is 8.31. The number of amides is 2. The molecule has 0 atom stereocenters. The number of carbonyl (C=O) groups is 2. The van der Waals surface area contributed by atoms with Crippen LogP contribution in [0.2, 0.25) is 0 Å². The molecule has 9 heteroatoms. The Morgan fingerprint density at radius 2 is 1.52 bits per heavy atom. The van der Waals surface area contributed by atoms with Crippen molar-refractivity contribution in [3.8, 4) is 11.5 Å². The minimum Gasteiger partial charge on any atom is -0.504 e. The van der Waals surface area contributed by atoms with Crippen molar-refractivity contribution in [3.05, 3.63) is 57.8 Å². The van der Waals surface area contributed by atoms with Crippen LogP contribution in [0, 0.1) is 6.92 Å². The third kappa shape index (κ3) is 3.71. The molecule has 1 saturated heterocycles. The minimum atomic E-state index is -0.796. The van der Waals surface area contributed by atoms with Crippen molar-refractivity contribution in [2.45, 2.75) is 6.92 Å². The van der Waals surface area contributed by atoms with Crippen molar-refractivity contribution >= 4 is 11.8 Å². The van der Waals surface area contributed by atoms with Crippen LogP contribution in [-0.2, 0) is 0 Å². The molecule has 1 aromatic carbocycles. The lowest BCUT2D eigenvalue weighted by Gasteiger charge is -2.34. The highest BCUT2D eigenvalue weighted by atomic mass is 16.3. The van der Waals surface area contributed by atoms with Gasteiger partial charge in [-0.25, -0.2) is 9.97 Å². The van der Waals surface area contributed by atoms with Crippen LogP contribution in [0.25, 0.3) is 0 Å². The molecular weight excluding hydrogens is 352 g/mol. The number of piperazine rings is 1. The highest BCUT2D eigenvalue weighted by Crippen LogP contribution is 2.22. The molecule has 1 aromatic heterocycles. The lowest BCUT2D eigenvalue weighted by Crippen LogP contribution is -2.51.